The summed E-state index contributed by atoms with van der Waals surface area (Å²) in [6.07, 6.45) is 9.76. The van der Waals surface area contributed by atoms with Crippen LogP contribution >= 0.6 is 0 Å². The quantitative estimate of drug-likeness (QED) is 0.817. The molecule has 106 valence electrons. The van der Waals surface area contributed by atoms with Crippen LogP contribution in [0.25, 0.3) is 0 Å². The van der Waals surface area contributed by atoms with Crippen molar-refractivity contribution in [2.75, 3.05) is 0 Å². The minimum atomic E-state index is 0.712. The van der Waals surface area contributed by atoms with E-state index in [0.29, 0.717) is 12.1 Å². The third-order valence-corrected chi connectivity index (χ3v) is 5.18. The highest BCUT2D eigenvalue weighted by atomic mass is 15.5. The van der Waals surface area contributed by atoms with Gasteiger partial charge in [-0.3, -0.25) is 5.43 Å². The molecule has 0 spiro atoms. The number of nitrogens with one attached hydrogen (secondary N) is 1. The van der Waals surface area contributed by atoms with Crippen molar-refractivity contribution in [3.8, 4) is 0 Å². The number of piperidine rings is 1. The van der Waals surface area contributed by atoms with Gasteiger partial charge < -0.3 is 0 Å². The molecule has 1 saturated carbocycles. The first-order valence-electron chi connectivity index (χ1n) is 8.14. The monoisotopic (exact) mass is 252 g/mol. The van der Waals surface area contributed by atoms with Gasteiger partial charge in [0.25, 0.3) is 0 Å². The zero-order valence-corrected chi connectivity index (χ0v) is 12.8. The topological polar surface area (TPSA) is 15.3 Å². The Kier molecular flexibility index (Phi) is 5.08. The highest BCUT2D eigenvalue weighted by Gasteiger charge is 2.32. The Morgan fingerprint density at radius 1 is 0.889 bits per heavy atom. The van der Waals surface area contributed by atoms with Crippen LogP contribution in [0.4, 0.5) is 0 Å². The van der Waals surface area contributed by atoms with Gasteiger partial charge in [-0.15, -0.1) is 0 Å². The Hall–Kier alpha value is -0.0800. The molecule has 0 aromatic carbocycles. The second kappa shape index (κ2) is 6.38. The highest BCUT2D eigenvalue weighted by molar-refractivity contribution is 4.85. The zero-order chi connectivity index (χ0) is 13.1. The minimum Gasteiger partial charge on any atom is -0.251 e. The van der Waals surface area contributed by atoms with E-state index in [4.69, 9.17) is 0 Å². The summed E-state index contributed by atoms with van der Waals surface area (Å²) in [5.74, 6) is 1.69. The zero-order valence-electron chi connectivity index (χ0n) is 12.8. The largest absolute Gasteiger partial charge is 0.251 e. The molecule has 0 aromatic heterocycles. The number of rotatable bonds is 3. The molecule has 1 aliphatic heterocycles. The maximum atomic E-state index is 3.92. The minimum absolute atomic E-state index is 0.712. The van der Waals surface area contributed by atoms with Crippen molar-refractivity contribution in [2.24, 2.45) is 11.8 Å². The molecular weight excluding hydrogens is 220 g/mol. The number of hydrogen-bond acceptors (Lipinski definition) is 2. The molecule has 2 nitrogen and oxygen atoms in total. The van der Waals surface area contributed by atoms with Crippen LogP contribution in [-0.2, 0) is 0 Å². The molecule has 0 radical (unpaired) electrons. The molecule has 4 atom stereocenters. The first-order chi connectivity index (χ1) is 8.59. The van der Waals surface area contributed by atoms with Crippen molar-refractivity contribution in [2.45, 2.75) is 90.8 Å². The van der Waals surface area contributed by atoms with E-state index in [-0.39, 0.29) is 0 Å². The van der Waals surface area contributed by atoms with Crippen molar-refractivity contribution in [1.82, 2.24) is 10.4 Å². The molecule has 1 saturated heterocycles. The van der Waals surface area contributed by atoms with Crippen molar-refractivity contribution < 1.29 is 0 Å². The summed E-state index contributed by atoms with van der Waals surface area (Å²) >= 11 is 0. The van der Waals surface area contributed by atoms with Crippen LogP contribution in [0.2, 0.25) is 0 Å². The lowest BCUT2D eigenvalue weighted by molar-refractivity contribution is 0.00398. The normalized spacial score (nSPS) is 39.2. The van der Waals surface area contributed by atoms with E-state index in [1.807, 2.05) is 0 Å². The molecule has 0 amide bonds. The first-order valence-corrected chi connectivity index (χ1v) is 8.14. The molecule has 18 heavy (non-hydrogen) atoms. The lowest BCUT2D eigenvalue weighted by Crippen LogP contribution is -2.58. The van der Waals surface area contributed by atoms with Crippen molar-refractivity contribution >= 4 is 0 Å². The second-order valence-corrected chi connectivity index (χ2v) is 6.96. The summed E-state index contributed by atoms with van der Waals surface area (Å²) in [7, 11) is 0. The van der Waals surface area contributed by atoms with Gasteiger partial charge in [0.15, 0.2) is 0 Å². The average molecular weight is 252 g/mol. The van der Waals surface area contributed by atoms with E-state index < -0.39 is 0 Å². The predicted octanol–water partition coefficient (Wildman–Crippen LogP) is 3.97. The van der Waals surface area contributed by atoms with E-state index in [9.17, 15) is 0 Å². The van der Waals surface area contributed by atoms with E-state index in [1.54, 1.807) is 0 Å². The number of nitrogens with zero attached hydrogens (tertiary/aromatic N) is 1. The Bertz CT molecular complexity index is 241. The maximum Gasteiger partial charge on any atom is 0.0246 e. The molecule has 0 aromatic rings. The molecular formula is C16H32N2. The Morgan fingerprint density at radius 2 is 1.50 bits per heavy atom. The number of hydrazine groups is 1. The van der Waals surface area contributed by atoms with Gasteiger partial charge in [0.1, 0.15) is 0 Å². The summed E-state index contributed by atoms with van der Waals surface area (Å²) in [6.45, 7) is 9.56. The molecule has 0 bridgehead atoms. The fourth-order valence-electron chi connectivity index (χ4n) is 3.99. The second-order valence-electron chi connectivity index (χ2n) is 6.96. The van der Waals surface area contributed by atoms with Crippen molar-refractivity contribution in [3.05, 3.63) is 0 Å². The van der Waals surface area contributed by atoms with E-state index in [1.165, 1.54) is 44.9 Å². The average Bonchev–Trinajstić information content (AvgIpc) is 2.34. The van der Waals surface area contributed by atoms with Crippen LogP contribution in [0.5, 0.6) is 0 Å². The van der Waals surface area contributed by atoms with Gasteiger partial charge in [0, 0.05) is 18.1 Å². The lowest BCUT2D eigenvalue weighted by atomic mass is 9.78. The molecule has 2 fully saturated rings. The summed E-state index contributed by atoms with van der Waals surface area (Å²) < 4.78 is 0. The smallest absolute Gasteiger partial charge is 0.0246 e. The molecule has 1 heterocycles. The lowest BCUT2D eigenvalue weighted by Gasteiger charge is -2.45. The summed E-state index contributed by atoms with van der Waals surface area (Å²) in [4.78, 5) is 0. The van der Waals surface area contributed by atoms with Crippen LogP contribution in [0.15, 0.2) is 0 Å². The molecule has 2 aliphatic rings. The van der Waals surface area contributed by atoms with E-state index in [0.717, 1.165) is 17.9 Å². The van der Waals surface area contributed by atoms with Crippen LogP contribution in [0, 0.1) is 11.8 Å². The third kappa shape index (κ3) is 3.27. The van der Waals surface area contributed by atoms with Crippen LogP contribution in [0.1, 0.15) is 72.6 Å². The van der Waals surface area contributed by atoms with Crippen LogP contribution in [-0.4, -0.2) is 23.1 Å². The van der Waals surface area contributed by atoms with Gasteiger partial charge in [0.2, 0.25) is 0 Å². The van der Waals surface area contributed by atoms with E-state index in [2.05, 4.69) is 38.1 Å². The highest BCUT2D eigenvalue weighted by Crippen LogP contribution is 2.31. The summed E-state index contributed by atoms with van der Waals surface area (Å²) in [6, 6.07) is 2.15. The molecule has 1 N–H and O–H groups in total. The van der Waals surface area contributed by atoms with Gasteiger partial charge in [-0.05, 0) is 51.4 Å². The van der Waals surface area contributed by atoms with E-state index >= 15 is 0 Å². The third-order valence-electron chi connectivity index (χ3n) is 5.18. The molecule has 2 rings (SSSR count). The Morgan fingerprint density at radius 3 is 2.11 bits per heavy atom. The Balaban J connectivity index is 1.97. The number of hydrogen-bond donors (Lipinski definition) is 1. The van der Waals surface area contributed by atoms with Crippen LogP contribution < -0.4 is 5.43 Å². The van der Waals surface area contributed by atoms with Gasteiger partial charge in [0.05, 0.1) is 0 Å². The Labute approximate surface area is 113 Å². The fraction of sp³-hybridized carbons (Fsp3) is 1.00. The summed E-state index contributed by atoms with van der Waals surface area (Å²) in [5, 5.41) is 2.58. The predicted molar refractivity (Wildman–Crippen MR) is 78.3 cm³/mol. The standard InChI is InChI=1S/C16H32N2/c1-12(2)15-10-5-6-11-16(15)17-18-13(3)8-7-9-14(18)4/h12-17H,5-11H2,1-4H3. The van der Waals surface area contributed by atoms with Gasteiger partial charge in [-0.1, -0.05) is 33.1 Å². The first kappa shape index (κ1) is 14.3. The van der Waals surface area contributed by atoms with Gasteiger partial charge in [-0.25, -0.2) is 5.01 Å². The van der Waals surface area contributed by atoms with Gasteiger partial charge in [-0.2, -0.15) is 0 Å². The molecule has 4 unspecified atom stereocenters. The molecule has 2 heteroatoms. The van der Waals surface area contributed by atoms with Crippen LogP contribution in [0.3, 0.4) is 0 Å². The summed E-state index contributed by atoms with van der Waals surface area (Å²) in [5.41, 5.74) is 3.92. The van der Waals surface area contributed by atoms with Crippen molar-refractivity contribution in [1.29, 1.82) is 0 Å². The SMILES string of the molecule is CC(C)C1CCCCC1NN1C(C)CCCC1C. The maximum absolute atomic E-state index is 3.92. The van der Waals surface area contributed by atoms with Crippen molar-refractivity contribution in [3.63, 3.8) is 0 Å². The fourth-order valence-corrected chi connectivity index (χ4v) is 3.99. The molecule has 1 aliphatic carbocycles. The van der Waals surface area contributed by atoms with Gasteiger partial charge >= 0.3 is 0 Å².